The summed E-state index contributed by atoms with van der Waals surface area (Å²) in [6.45, 7) is 4.27. The van der Waals surface area contributed by atoms with Crippen LogP contribution in [0.2, 0.25) is 0 Å². The van der Waals surface area contributed by atoms with E-state index < -0.39 is 0 Å². The van der Waals surface area contributed by atoms with Crippen molar-refractivity contribution in [2.75, 3.05) is 20.2 Å². The zero-order chi connectivity index (χ0) is 11.0. The Kier molecular flexibility index (Phi) is 6.80. The third-order valence-electron chi connectivity index (χ3n) is 1.96. The van der Waals surface area contributed by atoms with Crippen LogP contribution in [0.1, 0.15) is 33.1 Å². The van der Waals surface area contributed by atoms with Gasteiger partial charge in [0.25, 0.3) is 0 Å². The molecule has 0 radical (unpaired) electrons. The Morgan fingerprint density at radius 1 is 1.36 bits per heavy atom. The summed E-state index contributed by atoms with van der Waals surface area (Å²) in [5.74, 6) is -0.196. The molecule has 0 saturated carbocycles. The lowest BCUT2D eigenvalue weighted by atomic mass is 10.2. The van der Waals surface area contributed by atoms with Gasteiger partial charge in [0.15, 0.2) is 0 Å². The van der Waals surface area contributed by atoms with Crippen LogP contribution in [0.4, 0.5) is 0 Å². The first kappa shape index (κ1) is 12.9. The molecule has 4 heteroatoms. The number of hydrogen-bond donors (Lipinski definition) is 0. The molecule has 0 aromatic rings. The predicted octanol–water partition coefficient (Wildman–Crippen LogP) is 1.20. The zero-order valence-electron chi connectivity index (χ0n) is 9.21. The predicted molar refractivity (Wildman–Crippen MR) is 53.8 cm³/mol. The molecule has 0 atom stereocenters. The molecule has 0 N–H and O–H groups in total. The standard InChI is InChI=1S/C10H19NO3/c1-4-5-6-10(13)14-8-7-11(3)9(2)12/h4-8H2,1-3H3. The summed E-state index contributed by atoms with van der Waals surface area (Å²) in [6.07, 6.45) is 2.32. The van der Waals surface area contributed by atoms with Gasteiger partial charge >= 0.3 is 5.97 Å². The van der Waals surface area contributed by atoms with Gasteiger partial charge in [0, 0.05) is 20.4 Å². The number of hydrogen-bond acceptors (Lipinski definition) is 3. The highest BCUT2D eigenvalue weighted by Gasteiger charge is 2.04. The zero-order valence-corrected chi connectivity index (χ0v) is 9.21. The normalized spacial score (nSPS) is 9.64. The molecule has 14 heavy (non-hydrogen) atoms. The maximum absolute atomic E-state index is 11.0. The van der Waals surface area contributed by atoms with Gasteiger partial charge in [0.2, 0.25) is 5.91 Å². The molecule has 0 aliphatic carbocycles. The second-order valence-corrected chi connectivity index (χ2v) is 3.26. The SMILES string of the molecule is CCCCC(=O)OCCN(C)C(C)=O. The molecule has 0 aromatic heterocycles. The second kappa shape index (κ2) is 7.35. The van der Waals surface area contributed by atoms with Gasteiger partial charge in [-0.1, -0.05) is 13.3 Å². The van der Waals surface area contributed by atoms with E-state index >= 15 is 0 Å². The topological polar surface area (TPSA) is 46.6 Å². The van der Waals surface area contributed by atoms with Crippen LogP contribution < -0.4 is 0 Å². The first-order valence-electron chi connectivity index (χ1n) is 4.95. The van der Waals surface area contributed by atoms with Crippen molar-refractivity contribution in [1.82, 2.24) is 4.90 Å². The monoisotopic (exact) mass is 201 g/mol. The minimum absolute atomic E-state index is 0.0189. The van der Waals surface area contributed by atoms with Crippen LogP contribution in [0.3, 0.4) is 0 Å². The largest absolute Gasteiger partial charge is 0.464 e. The Bertz CT molecular complexity index is 192. The Morgan fingerprint density at radius 2 is 2.00 bits per heavy atom. The summed E-state index contributed by atoms with van der Waals surface area (Å²) in [4.78, 5) is 23.3. The minimum Gasteiger partial charge on any atom is -0.464 e. The number of nitrogens with zero attached hydrogens (tertiary/aromatic N) is 1. The smallest absolute Gasteiger partial charge is 0.305 e. The van der Waals surface area contributed by atoms with Crippen molar-refractivity contribution in [1.29, 1.82) is 0 Å². The van der Waals surface area contributed by atoms with Crippen molar-refractivity contribution in [2.24, 2.45) is 0 Å². The number of carbonyl (C=O) groups is 2. The van der Waals surface area contributed by atoms with E-state index in [1.165, 1.54) is 11.8 Å². The third kappa shape index (κ3) is 6.46. The first-order valence-corrected chi connectivity index (χ1v) is 4.95. The highest BCUT2D eigenvalue weighted by atomic mass is 16.5. The number of ether oxygens (including phenoxy) is 1. The van der Waals surface area contributed by atoms with Crippen LogP contribution in [-0.4, -0.2) is 37.0 Å². The third-order valence-corrected chi connectivity index (χ3v) is 1.96. The number of likely N-dealkylation sites (N-methyl/N-ethyl adjacent to an activating group) is 1. The fourth-order valence-electron chi connectivity index (χ4n) is 0.847. The van der Waals surface area contributed by atoms with Crippen LogP contribution in [0.15, 0.2) is 0 Å². The summed E-state index contributed by atoms with van der Waals surface area (Å²) in [5.41, 5.74) is 0. The van der Waals surface area contributed by atoms with E-state index in [4.69, 9.17) is 4.74 Å². The number of carbonyl (C=O) groups excluding carboxylic acids is 2. The van der Waals surface area contributed by atoms with Gasteiger partial charge in [-0.3, -0.25) is 9.59 Å². The van der Waals surface area contributed by atoms with Gasteiger partial charge in [-0.2, -0.15) is 0 Å². The van der Waals surface area contributed by atoms with Gasteiger partial charge in [-0.25, -0.2) is 0 Å². The van der Waals surface area contributed by atoms with Crippen molar-refractivity contribution in [3.05, 3.63) is 0 Å². The fourth-order valence-corrected chi connectivity index (χ4v) is 0.847. The number of unbranched alkanes of at least 4 members (excludes halogenated alkanes) is 1. The van der Waals surface area contributed by atoms with Crippen LogP contribution in [0, 0.1) is 0 Å². The highest BCUT2D eigenvalue weighted by Crippen LogP contribution is 1.96. The van der Waals surface area contributed by atoms with Gasteiger partial charge in [0.1, 0.15) is 6.61 Å². The summed E-state index contributed by atoms with van der Waals surface area (Å²) in [5, 5.41) is 0. The molecule has 4 nitrogen and oxygen atoms in total. The molecule has 0 bridgehead atoms. The molecule has 1 amide bonds. The van der Waals surface area contributed by atoms with Gasteiger partial charge in [0.05, 0.1) is 6.54 Å². The van der Waals surface area contributed by atoms with Gasteiger partial charge < -0.3 is 9.64 Å². The van der Waals surface area contributed by atoms with E-state index in [1.54, 1.807) is 7.05 Å². The van der Waals surface area contributed by atoms with Gasteiger partial charge in [-0.05, 0) is 6.42 Å². The van der Waals surface area contributed by atoms with Crippen molar-refractivity contribution in [3.8, 4) is 0 Å². The molecule has 0 rings (SSSR count). The quantitative estimate of drug-likeness (QED) is 0.607. The summed E-state index contributed by atoms with van der Waals surface area (Å²) in [6, 6.07) is 0. The van der Waals surface area contributed by atoms with Crippen molar-refractivity contribution >= 4 is 11.9 Å². The van der Waals surface area contributed by atoms with E-state index in [0.717, 1.165) is 12.8 Å². The van der Waals surface area contributed by atoms with E-state index in [-0.39, 0.29) is 11.9 Å². The van der Waals surface area contributed by atoms with E-state index in [1.807, 2.05) is 6.92 Å². The van der Waals surface area contributed by atoms with Gasteiger partial charge in [-0.15, -0.1) is 0 Å². The van der Waals surface area contributed by atoms with E-state index in [9.17, 15) is 9.59 Å². The molecule has 0 aliphatic heterocycles. The molecule has 0 aromatic carbocycles. The maximum atomic E-state index is 11.0. The average Bonchev–Trinajstić information content (AvgIpc) is 2.14. The van der Waals surface area contributed by atoms with Crippen LogP contribution in [0.5, 0.6) is 0 Å². The van der Waals surface area contributed by atoms with Crippen molar-refractivity contribution in [2.45, 2.75) is 33.1 Å². The first-order chi connectivity index (χ1) is 6.57. The minimum atomic E-state index is -0.177. The highest BCUT2D eigenvalue weighted by molar-refractivity contribution is 5.73. The number of esters is 1. The molecular weight excluding hydrogens is 182 g/mol. The van der Waals surface area contributed by atoms with Crippen LogP contribution in [-0.2, 0) is 14.3 Å². The summed E-state index contributed by atoms with van der Waals surface area (Å²) in [7, 11) is 1.68. The van der Waals surface area contributed by atoms with Crippen molar-refractivity contribution < 1.29 is 14.3 Å². The van der Waals surface area contributed by atoms with Crippen LogP contribution in [0.25, 0.3) is 0 Å². The molecule has 0 spiro atoms. The average molecular weight is 201 g/mol. The molecular formula is C10H19NO3. The summed E-state index contributed by atoms with van der Waals surface area (Å²) < 4.78 is 4.93. The van der Waals surface area contributed by atoms with Crippen molar-refractivity contribution in [3.63, 3.8) is 0 Å². The molecule has 0 heterocycles. The maximum Gasteiger partial charge on any atom is 0.305 e. The Balaban J connectivity index is 3.44. The lowest BCUT2D eigenvalue weighted by molar-refractivity contribution is -0.145. The molecule has 0 fully saturated rings. The van der Waals surface area contributed by atoms with Crippen LogP contribution >= 0.6 is 0 Å². The number of rotatable bonds is 6. The van der Waals surface area contributed by atoms with E-state index in [2.05, 4.69) is 0 Å². The lowest BCUT2D eigenvalue weighted by Gasteiger charge is -2.14. The summed E-state index contributed by atoms with van der Waals surface area (Å²) >= 11 is 0. The van der Waals surface area contributed by atoms with E-state index in [0.29, 0.717) is 19.6 Å². The molecule has 0 aliphatic rings. The Hall–Kier alpha value is -1.06. The Labute approximate surface area is 85.2 Å². The second-order valence-electron chi connectivity index (χ2n) is 3.26. The lowest BCUT2D eigenvalue weighted by Crippen LogP contribution is -2.28. The Morgan fingerprint density at radius 3 is 2.50 bits per heavy atom. The molecule has 0 saturated heterocycles. The molecule has 82 valence electrons. The fraction of sp³-hybridized carbons (Fsp3) is 0.800. The number of amides is 1. The molecule has 0 unspecified atom stereocenters.